The van der Waals surface area contributed by atoms with E-state index in [1.807, 2.05) is 24.7 Å². The summed E-state index contributed by atoms with van der Waals surface area (Å²) in [6, 6.07) is 3.91. The van der Waals surface area contributed by atoms with Crippen molar-refractivity contribution in [2.24, 2.45) is 0 Å². The number of imidazole rings is 1. The molecular weight excluding hydrogens is 162 g/mol. The largest absolute Gasteiger partial charge is 0.315 e. The van der Waals surface area contributed by atoms with Gasteiger partial charge >= 0.3 is 0 Å². The van der Waals surface area contributed by atoms with Crippen molar-refractivity contribution >= 4 is 11.2 Å². The number of fused-ring (bicyclic) bond motifs is 1. The zero-order chi connectivity index (χ0) is 9.10. The average molecular weight is 175 g/mol. The number of pyridine rings is 1. The molecule has 2 aromatic heterocycles. The highest BCUT2D eigenvalue weighted by molar-refractivity contribution is 5.69. The van der Waals surface area contributed by atoms with Crippen LogP contribution >= 0.6 is 0 Å². The Labute approximate surface area is 77.4 Å². The zero-order valence-electron chi connectivity index (χ0n) is 7.77. The van der Waals surface area contributed by atoms with Crippen molar-refractivity contribution in [3.8, 4) is 0 Å². The molecule has 0 bridgehead atoms. The van der Waals surface area contributed by atoms with E-state index in [1.165, 1.54) is 12.8 Å². The van der Waals surface area contributed by atoms with Gasteiger partial charge in [-0.1, -0.05) is 13.3 Å². The van der Waals surface area contributed by atoms with E-state index in [0.717, 1.165) is 17.7 Å². The molecule has 0 aliphatic rings. The highest BCUT2D eigenvalue weighted by atomic mass is 15.1. The number of aryl methyl sites for hydroxylation is 1. The quantitative estimate of drug-likeness (QED) is 0.716. The van der Waals surface area contributed by atoms with Gasteiger partial charge in [-0.25, -0.2) is 9.97 Å². The van der Waals surface area contributed by atoms with E-state index in [9.17, 15) is 0 Å². The van der Waals surface area contributed by atoms with Gasteiger partial charge in [0.25, 0.3) is 0 Å². The Hall–Kier alpha value is -1.38. The zero-order valence-corrected chi connectivity index (χ0v) is 7.77. The van der Waals surface area contributed by atoms with E-state index in [0.29, 0.717) is 0 Å². The number of hydrogen-bond donors (Lipinski definition) is 0. The molecule has 2 heterocycles. The van der Waals surface area contributed by atoms with Crippen molar-refractivity contribution in [1.82, 2.24) is 14.5 Å². The molecule has 0 amide bonds. The van der Waals surface area contributed by atoms with Crippen LogP contribution < -0.4 is 0 Å². The van der Waals surface area contributed by atoms with E-state index in [1.54, 1.807) is 0 Å². The molecule has 0 atom stereocenters. The molecule has 0 N–H and O–H groups in total. The van der Waals surface area contributed by atoms with Crippen LogP contribution in [0.3, 0.4) is 0 Å². The Balaban J connectivity index is 2.35. The number of rotatable bonds is 3. The Morgan fingerprint density at radius 2 is 2.31 bits per heavy atom. The Morgan fingerprint density at radius 1 is 1.38 bits per heavy atom. The van der Waals surface area contributed by atoms with Crippen molar-refractivity contribution in [1.29, 1.82) is 0 Å². The first-order chi connectivity index (χ1) is 6.42. The maximum atomic E-state index is 4.29. The summed E-state index contributed by atoms with van der Waals surface area (Å²) in [5, 5.41) is 0. The predicted molar refractivity (Wildman–Crippen MR) is 52.4 cm³/mol. The van der Waals surface area contributed by atoms with Gasteiger partial charge in [0.1, 0.15) is 5.52 Å². The summed E-state index contributed by atoms with van der Waals surface area (Å²) in [6.07, 6.45) is 6.06. The number of hydrogen-bond acceptors (Lipinski definition) is 2. The third kappa shape index (κ3) is 1.54. The molecule has 0 aliphatic heterocycles. The fourth-order valence-corrected chi connectivity index (χ4v) is 1.39. The summed E-state index contributed by atoms with van der Waals surface area (Å²) < 4.78 is 2.11. The molecule has 0 saturated carbocycles. The van der Waals surface area contributed by atoms with Crippen molar-refractivity contribution < 1.29 is 0 Å². The molecule has 0 radical (unpaired) electrons. The van der Waals surface area contributed by atoms with Crippen molar-refractivity contribution in [3.63, 3.8) is 0 Å². The molecule has 68 valence electrons. The van der Waals surface area contributed by atoms with Crippen LogP contribution in [0.4, 0.5) is 0 Å². The second-order valence-electron chi connectivity index (χ2n) is 3.14. The lowest BCUT2D eigenvalue weighted by Gasteiger charge is -2.00. The highest BCUT2D eigenvalue weighted by Crippen LogP contribution is 2.09. The lowest BCUT2D eigenvalue weighted by molar-refractivity contribution is 0.642. The van der Waals surface area contributed by atoms with Gasteiger partial charge in [0.05, 0.1) is 6.33 Å². The van der Waals surface area contributed by atoms with Crippen molar-refractivity contribution in [2.45, 2.75) is 26.3 Å². The van der Waals surface area contributed by atoms with E-state index >= 15 is 0 Å². The molecule has 0 saturated heterocycles. The summed E-state index contributed by atoms with van der Waals surface area (Å²) in [5.41, 5.74) is 1.98. The van der Waals surface area contributed by atoms with Crippen LogP contribution in [0.2, 0.25) is 0 Å². The van der Waals surface area contributed by atoms with Crippen LogP contribution in [0.5, 0.6) is 0 Å². The van der Waals surface area contributed by atoms with E-state index in [-0.39, 0.29) is 0 Å². The van der Waals surface area contributed by atoms with Gasteiger partial charge in [-0.15, -0.1) is 0 Å². The fraction of sp³-hybridized carbons (Fsp3) is 0.400. The number of aromatic nitrogens is 3. The average Bonchev–Trinajstić information content (AvgIpc) is 2.58. The number of nitrogens with zero attached hydrogens (tertiary/aromatic N) is 3. The van der Waals surface area contributed by atoms with Gasteiger partial charge in [0, 0.05) is 12.7 Å². The SMILES string of the molecule is CCCCn1cnc2cccnc21. The molecule has 13 heavy (non-hydrogen) atoms. The maximum absolute atomic E-state index is 4.29. The van der Waals surface area contributed by atoms with E-state index in [4.69, 9.17) is 0 Å². The molecule has 0 spiro atoms. The summed E-state index contributed by atoms with van der Waals surface area (Å²) >= 11 is 0. The summed E-state index contributed by atoms with van der Waals surface area (Å²) in [7, 11) is 0. The van der Waals surface area contributed by atoms with Crippen molar-refractivity contribution in [2.75, 3.05) is 0 Å². The predicted octanol–water partition coefficient (Wildman–Crippen LogP) is 2.23. The van der Waals surface area contributed by atoms with Crippen LogP contribution in [0.1, 0.15) is 19.8 Å². The summed E-state index contributed by atoms with van der Waals surface area (Å²) in [5.74, 6) is 0. The first-order valence-corrected chi connectivity index (χ1v) is 4.67. The molecule has 2 aromatic rings. The molecule has 0 aliphatic carbocycles. The molecule has 3 heteroatoms. The van der Waals surface area contributed by atoms with Crippen LogP contribution in [-0.4, -0.2) is 14.5 Å². The Morgan fingerprint density at radius 3 is 3.15 bits per heavy atom. The molecule has 3 nitrogen and oxygen atoms in total. The molecule has 0 aromatic carbocycles. The first kappa shape index (κ1) is 8.23. The number of unbranched alkanes of at least 4 members (excludes halogenated alkanes) is 1. The Kier molecular flexibility index (Phi) is 2.25. The van der Waals surface area contributed by atoms with Gasteiger partial charge < -0.3 is 4.57 Å². The lowest BCUT2D eigenvalue weighted by atomic mass is 10.3. The van der Waals surface area contributed by atoms with E-state index < -0.39 is 0 Å². The van der Waals surface area contributed by atoms with Crippen LogP contribution in [-0.2, 0) is 6.54 Å². The van der Waals surface area contributed by atoms with Gasteiger partial charge in [-0.05, 0) is 18.6 Å². The maximum Gasteiger partial charge on any atom is 0.159 e. The van der Waals surface area contributed by atoms with Crippen LogP contribution in [0.15, 0.2) is 24.7 Å². The monoisotopic (exact) mass is 175 g/mol. The first-order valence-electron chi connectivity index (χ1n) is 4.67. The van der Waals surface area contributed by atoms with Gasteiger partial charge in [-0.2, -0.15) is 0 Å². The topological polar surface area (TPSA) is 30.7 Å². The second kappa shape index (κ2) is 3.56. The van der Waals surface area contributed by atoms with Crippen molar-refractivity contribution in [3.05, 3.63) is 24.7 Å². The molecular formula is C10H13N3. The molecule has 0 unspecified atom stereocenters. The summed E-state index contributed by atoms with van der Waals surface area (Å²) in [6.45, 7) is 3.20. The minimum atomic E-state index is 0.985. The lowest BCUT2D eigenvalue weighted by Crippen LogP contribution is -1.96. The van der Waals surface area contributed by atoms with Gasteiger partial charge in [-0.3, -0.25) is 0 Å². The van der Waals surface area contributed by atoms with E-state index in [2.05, 4.69) is 21.5 Å². The fourth-order valence-electron chi connectivity index (χ4n) is 1.39. The molecule has 2 rings (SSSR count). The highest BCUT2D eigenvalue weighted by Gasteiger charge is 2.00. The second-order valence-corrected chi connectivity index (χ2v) is 3.14. The van der Waals surface area contributed by atoms with Crippen LogP contribution in [0, 0.1) is 0 Å². The van der Waals surface area contributed by atoms with Gasteiger partial charge in [0.2, 0.25) is 0 Å². The van der Waals surface area contributed by atoms with Gasteiger partial charge in [0.15, 0.2) is 5.65 Å². The third-order valence-corrected chi connectivity index (χ3v) is 2.13. The summed E-state index contributed by atoms with van der Waals surface area (Å²) in [4.78, 5) is 8.57. The smallest absolute Gasteiger partial charge is 0.159 e. The minimum absolute atomic E-state index is 0.985. The molecule has 0 fully saturated rings. The standard InChI is InChI=1S/C10H13N3/c1-2-3-7-13-8-12-9-5-4-6-11-10(9)13/h4-6,8H,2-3,7H2,1H3. The van der Waals surface area contributed by atoms with Crippen LogP contribution in [0.25, 0.3) is 11.2 Å². The third-order valence-electron chi connectivity index (χ3n) is 2.13. The minimum Gasteiger partial charge on any atom is -0.315 e. The Bertz CT molecular complexity index is 392. The normalized spacial score (nSPS) is 10.8.